The summed E-state index contributed by atoms with van der Waals surface area (Å²) in [5.41, 5.74) is 1.38. The number of aliphatic hydroxyl groups is 1. The van der Waals surface area contributed by atoms with Gasteiger partial charge in [0, 0.05) is 6.54 Å². The molecule has 2 unspecified atom stereocenters. The predicted molar refractivity (Wildman–Crippen MR) is 135 cm³/mol. The molecule has 1 rings (SSSR count). The number of nitrogens with zero attached hydrogens (tertiary/aromatic N) is 1. The highest BCUT2D eigenvalue weighted by atomic mass is 16.6. The number of methoxy groups -OCH3 is 1. The van der Waals surface area contributed by atoms with Crippen molar-refractivity contribution in [1.82, 2.24) is 15.5 Å². The number of aliphatic hydroxyl groups excluding tert-OH is 1. The highest BCUT2D eigenvalue weighted by Gasteiger charge is 2.37. The van der Waals surface area contributed by atoms with Crippen LogP contribution in [0.3, 0.4) is 0 Å². The summed E-state index contributed by atoms with van der Waals surface area (Å²) in [5, 5.41) is 15.0. The maximum Gasteiger partial charge on any atom is 0.408 e. The van der Waals surface area contributed by atoms with Crippen molar-refractivity contribution in [3.63, 3.8) is 0 Å². The smallest absolute Gasteiger partial charge is 0.408 e. The summed E-state index contributed by atoms with van der Waals surface area (Å²) in [7, 11) is 1.21. The number of ether oxygens (including phenoxy) is 2. The molecular weight excluding hydrogens is 466 g/mol. The quantitative estimate of drug-likeness (QED) is 0.392. The Kier molecular flexibility index (Phi) is 11.9. The number of aryl methyl sites for hydroxylation is 2. The van der Waals surface area contributed by atoms with Crippen molar-refractivity contribution in [3.05, 3.63) is 34.9 Å². The lowest BCUT2D eigenvalue weighted by Crippen LogP contribution is -2.54. The standard InChI is InChI=1S/C26H41N3O7/c1-16(2)13-20(28-25(34)36-26(5,6)7)24(33)29(11-12-30)22(23(32)27-15-21(31)35-8)19-14-17(3)9-10-18(19)4/h9-10,14,16,20,22,30H,11-13,15H2,1-8H3,(H,27,32)(H,28,34). The normalized spacial score (nSPS) is 12.9. The fourth-order valence-corrected chi connectivity index (χ4v) is 3.65. The molecular formula is C26H41N3O7. The van der Waals surface area contributed by atoms with Crippen molar-refractivity contribution in [2.45, 2.75) is 72.6 Å². The van der Waals surface area contributed by atoms with Gasteiger partial charge >= 0.3 is 12.1 Å². The van der Waals surface area contributed by atoms with Crippen LogP contribution in [-0.2, 0) is 23.9 Å². The summed E-state index contributed by atoms with van der Waals surface area (Å²) >= 11 is 0. The van der Waals surface area contributed by atoms with E-state index in [-0.39, 0.29) is 25.4 Å². The van der Waals surface area contributed by atoms with Crippen molar-refractivity contribution in [2.24, 2.45) is 5.92 Å². The Bertz CT molecular complexity index is 925. The van der Waals surface area contributed by atoms with Crippen molar-refractivity contribution >= 4 is 23.9 Å². The third-order valence-corrected chi connectivity index (χ3v) is 5.24. The first-order valence-corrected chi connectivity index (χ1v) is 12.0. The minimum atomic E-state index is -1.16. The second kappa shape index (κ2) is 13.8. The largest absolute Gasteiger partial charge is 0.468 e. The summed E-state index contributed by atoms with van der Waals surface area (Å²) in [6, 6.07) is 3.33. The van der Waals surface area contributed by atoms with Crippen molar-refractivity contribution in [1.29, 1.82) is 0 Å². The summed E-state index contributed by atoms with van der Waals surface area (Å²) in [6.07, 6.45) is -0.479. The lowest BCUT2D eigenvalue weighted by molar-refractivity contribution is -0.145. The number of carbonyl (C=O) groups excluding carboxylic acids is 4. The number of amides is 3. The molecule has 0 radical (unpaired) electrons. The molecule has 0 fully saturated rings. The Balaban J connectivity index is 3.50. The molecule has 2 atom stereocenters. The van der Waals surface area contributed by atoms with Crippen molar-refractivity contribution < 1.29 is 33.8 Å². The van der Waals surface area contributed by atoms with E-state index in [2.05, 4.69) is 15.4 Å². The molecule has 0 heterocycles. The van der Waals surface area contributed by atoms with Crippen LogP contribution in [0.15, 0.2) is 18.2 Å². The third-order valence-electron chi connectivity index (χ3n) is 5.24. The van der Waals surface area contributed by atoms with Gasteiger partial charge in [-0.3, -0.25) is 14.4 Å². The van der Waals surface area contributed by atoms with Gasteiger partial charge in [-0.1, -0.05) is 37.6 Å². The monoisotopic (exact) mass is 507 g/mol. The van der Waals surface area contributed by atoms with Gasteiger partial charge in [-0.25, -0.2) is 4.79 Å². The van der Waals surface area contributed by atoms with Gasteiger partial charge in [-0.05, 0) is 58.1 Å². The van der Waals surface area contributed by atoms with Crippen molar-refractivity contribution in [3.8, 4) is 0 Å². The summed E-state index contributed by atoms with van der Waals surface area (Å²) in [5.74, 6) is -1.79. The fourth-order valence-electron chi connectivity index (χ4n) is 3.65. The van der Waals surface area contributed by atoms with Crippen LogP contribution in [0.1, 0.15) is 63.8 Å². The lowest BCUT2D eigenvalue weighted by Gasteiger charge is -2.35. The Hall–Kier alpha value is -3.14. The molecule has 0 aliphatic heterocycles. The Labute approximate surface area is 213 Å². The van der Waals surface area contributed by atoms with Crippen molar-refractivity contribution in [2.75, 3.05) is 26.8 Å². The molecule has 1 aromatic rings. The van der Waals surface area contributed by atoms with E-state index in [0.717, 1.165) is 11.1 Å². The number of alkyl carbamates (subject to hydrolysis) is 1. The molecule has 0 aromatic heterocycles. The molecule has 0 aliphatic rings. The average molecular weight is 508 g/mol. The number of hydrogen-bond donors (Lipinski definition) is 3. The SMILES string of the molecule is COC(=O)CNC(=O)C(c1cc(C)ccc1C)N(CCO)C(=O)C(CC(C)C)NC(=O)OC(C)(C)C. The molecule has 202 valence electrons. The summed E-state index contributed by atoms with van der Waals surface area (Å²) < 4.78 is 9.96. The molecule has 0 aliphatic carbocycles. The topological polar surface area (TPSA) is 134 Å². The van der Waals surface area contributed by atoms with Gasteiger partial charge in [0.2, 0.25) is 11.8 Å². The first-order valence-electron chi connectivity index (χ1n) is 12.0. The highest BCUT2D eigenvalue weighted by Crippen LogP contribution is 2.27. The Morgan fingerprint density at radius 3 is 2.28 bits per heavy atom. The average Bonchev–Trinajstić information content (AvgIpc) is 2.76. The molecule has 0 spiro atoms. The van der Waals surface area contributed by atoms with Gasteiger partial charge in [-0.2, -0.15) is 0 Å². The maximum absolute atomic E-state index is 13.9. The van der Waals surface area contributed by atoms with E-state index >= 15 is 0 Å². The molecule has 0 saturated heterocycles. The molecule has 3 amide bonds. The zero-order valence-electron chi connectivity index (χ0n) is 22.6. The van der Waals surface area contributed by atoms with Gasteiger partial charge in [0.1, 0.15) is 24.2 Å². The van der Waals surface area contributed by atoms with E-state index in [1.165, 1.54) is 12.0 Å². The Morgan fingerprint density at radius 2 is 1.75 bits per heavy atom. The molecule has 36 heavy (non-hydrogen) atoms. The van der Waals surface area contributed by atoms with E-state index in [1.807, 2.05) is 39.8 Å². The summed E-state index contributed by atoms with van der Waals surface area (Å²) in [4.78, 5) is 52.7. The molecule has 0 saturated carbocycles. The van der Waals surface area contributed by atoms with Crippen LogP contribution in [0.2, 0.25) is 0 Å². The minimum absolute atomic E-state index is 0.0252. The van der Waals surface area contributed by atoms with Gasteiger partial charge < -0.3 is 30.1 Å². The van der Waals surface area contributed by atoms with E-state index < -0.39 is 48.2 Å². The number of carbonyl (C=O) groups is 4. The maximum atomic E-state index is 13.9. The zero-order chi connectivity index (χ0) is 27.6. The number of esters is 1. The van der Waals surface area contributed by atoms with Crippen LogP contribution in [0.4, 0.5) is 4.79 Å². The van der Waals surface area contributed by atoms with E-state index in [0.29, 0.717) is 5.56 Å². The first kappa shape index (κ1) is 30.9. The number of rotatable bonds is 11. The van der Waals surface area contributed by atoms with Gasteiger partial charge in [0.15, 0.2) is 0 Å². The first-order chi connectivity index (χ1) is 16.7. The Morgan fingerprint density at radius 1 is 1.11 bits per heavy atom. The minimum Gasteiger partial charge on any atom is -0.468 e. The highest BCUT2D eigenvalue weighted by molar-refractivity contribution is 5.93. The van der Waals surface area contributed by atoms with Gasteiger partial charge in [-0.15, -0.1) is 0 Å². The molecule has 0 bridgehead atoms. The van der Waals surface area contributed by atoms with E-state index in [1.54, 1.807) is 26.8 Å². The molecule has 1 aromatic carbocycles. The predicted octanol–water partition coefficient (Wildman–Crippen LogP) is 2.39. The van der Waals surface area contributed by atoms with Crippen LogP contribution in [0.5, 0.6) is 0 Å². The third kappa shape index (κ3) is 9.85. The van der Waals surface area contributed by atoms with Crippen LogP contribution < -0.4 is 10.6 Å². The van der Waals surface area contributed by atoms with E-state index in [4.69, 9.17) is 4.74 Å². The van der Waals surface area contributed by atoms with Crippen LogP contribution >= 0.6 is 0 Å². The second-order valence-electron chi connectivity index (χ2n) is 10.1. The molecule has 10 heteroatoms. The second-order valence-corrected chi connectivity index (χ2v) is 10.1. The van der Waals surface area contributed by atoms with Gasteiger partial charge in [0.05, 0.1) is 13.7 Å². The van der Waals surface area contributed by atoms with Crippen LogP contribution in [0.25, 0.3) is 0 Å². The van der Waals surface area contributed by atoms with Crippen LogP contribution in [-0.4, -0.2) is 72.3 Å². The molecule has 10 nitrogen and oxygen atoms in total. The lowest BCUT2D eigenvalue weighted by atomic mass is 9.95. The van der Waals surface area contributed by atoms with Gasteiger partial charge in [0.25, 0.3) is 0 Å². The molecule has 3 N–H and O–H groups in total. The zero-order valence-corrected chi connectivity index (χ0v) is 22.6. The number of nitrogens with one attached hydrogen (secondary N) is 2. The van der Waals surface area contributed by atoms with Crippen LogP contribution in [0, 0.1) is 19.8 Å². The number of benzene rings is 1. The summed E-state index contributed by atoms with van der Waals surface area (Å²) in [6.45, 7) is 11.6. The number of hydrogen-bond acceptors (Lipinski definition) is 7. The fraction of sp³-hybridized carbons (Fsp3) is 0.615. The van der Waals surface area contributed by atoms with E-state index in [9.17, 15) is 24.3 Å².